The number of carbonyl (C=O) groups is 3. The first-order chi connectivity index (χ1) is 14.4. The highest BCUT2D eigenvalue weighted by Crippen LogP contribution is 2.15. The van der Waals surface area contributed by atoms with Gasteiger partial charge in [-0.2, -0.15) is 5.26 Å². The summed E-state index contributed by atoms with van der Waals surface area (Å²) >= 11 is 0. The minimum Gasteiger partial charge on any atom is -0.454 e. The minimum atomic E-state index is -0.654. The molecule has 1 heterocycles. The van der Waals surface area contributed by atoms with Crippen LogP contribution in [0.1, 0.15) is 48.0 Å². The Morgan fingerprint density at radius 1 is 1.00 bits per heavy atom. The highest BCUT2D eigenvalue weighted by Gasteiger charge is 2.19. The predicted octanol–water partition coefficient (Wildman–Crippen LogP) is 3.40. The van der Waals surface area contributed by atoms with Crippen LogP contribution >= 0.6 is 0 Å². The molecule has 7 nitrogen and oxygen atoms in total. The van der Waals surface area contributed by atoms with Crippen LogP contribution < -0.4 is 5.43 Å². The lowest BCUT2D eigenvalue weighted by Gasteiger charge is -2.11. The molecule has 0 radical (unpaired) electrons. The van der Waals surface area contributed by atoms with E-state index in [0.29, 0.717) is 28.1 Å². The topological polar surface area (TPSA) is 101 Å². The van der Waals surface area contributed by atoms with E-state index in [0.717, 1.165) is 0 Å². The van der Waals surface area contributed by atoms with E-state index in [9.17, 15) is 14.4 Å². The van der Waals surface area contributed by atoms with Crippen molar-refractivity contribution in [3.63, 3.8) is 0 Å². The lowest BCUT2D eigenvalue weighted by molar-refractivity contribution is 0.0474. The Kier molecular flexibility index (Phi) is 6.08. The molecule has 0 spiro atoms. The number of carbonyl (C=O) groups excluding carboxylic acids is 3. The molecular weight excluding hydrogens is 382 g/mol. The van der Waals surface area contributed by atoms with Crippen LogP contribution in [-0.2, 0) is 4.74 Å². The quantitative estimate of drug-likeness (QED) is 0.504. The molecule has 3 aromatic rings. The first-order valence-corrected chi connectivity index (χ1v) is 9.16. The standard InChI is InChI=1S/C23H19N3O4/c1-15-12-20(16(2)26(15)25-22(28)18-6-4-3-5-7-18)21(27)14-30-23(29)19-10-8-17(13-24)9-11-19/h3-12H,14H2,1-2H3,(H,25,28). The Morgan fingerprint density at radius 2 is 1.67 bits per heavy atom. The molecule has 7 heteroatoms. The molecule has 1 N–H and O–H groups in total. The number of ether oxygens (including phenoxy) is 1. The van der Waals surface area contributed by atoms with Gasteiger partial charge in [-0.3, -0.25) is 19.7 Å². The molecule has 1 aromatic heterocycles. The van der Waals surface area contributed by atoms with Crippen molar-refractivity contribution in [1.29, 1.82) is 5.26 Å². The van der Waals surface area contributed by atoms with Crippen molar-refractivity contribution >= 4 is 17.7 Å². The number of ketones is 1. The summed E-state index contributed by atoms with van der Waals surface area (Å²) < 4.78 is 6.64. The second kappa shape index (κ2) is 8.88. The van der Waals surface area contributed by atoms with E-state index in [-0.39, 0.29) is 17.3 Å². The lowest BCUT2D eigenvalue weighted by atomic mass is 10.1. The zero-order chi connectivity index (χ0) is 21.7. The van der Waals surface area contributed by atoms with E-state index < -0.39 is 12.6 Å². The third-order valence-electron chi connectivity index (χ3n) is 4.56. The van der Waals surface area contributed by atoms with Crippen molar-refractivity contribution in [2.45, 2.75) is 13.8 Å². The second-order valence-corrected chi connectivity index (χ2v) is 6.62. The van der Waals surface area contributed by atoms with Crippen LogP contribution in [-0.4, -0.2) is 28.9 Å². The fraction of sp³-hybridized carbons (Fsp3) is 0.130. The van der Waals surface area contributed by atoms with Gasteiger partial charge in [0, 0.05) is 22.5 Å². The van der Waals surface area contributed by atoms with Gasteiger partial charge in [-0.25, -0.2) is 4.79 Å². The Morgan fingerprint density at radius 3 is 2.30 bits per heavy atom. The van der Waals surface area contributed by atoms with Crippen LogP contribution in [0.4, 0.5) is 0 Å². The van der Waals surface area contributed by atoms with Crippen LogP contribution in [0.5, 0.6) is 0 Å². The van der Waals surface area contributed by atoms with Gasteiger partial charge in [0.05, 0.1) is 17.2 Å². The molecule has 0 saturated carbocycles. The lowest BCUT2D eigenvalue weighted by Crippen LogP contribution is -2.25. The molecule has 0 atom stereocenters. The summed E-state index contributed by atoms with van der Waals surface area (Å²) in [6, 6.07) is 18.3. The molecule has 0 aliphatic heterocycles. The second-order valence-electron chi connectivity index (χ2n) is 6.62. The van der Waals surface area contributed by atoms with Crippen LogP contribution in [0.2, 0.25) is 0 Å². The minimum absolute atomic E-state index is 0.252. The number of aromatic nitrogens is 1. The van der Waals surface area contributed by atoms with Crippen LogP contribution in [0.25, 0.3) is 0 Å². The van der Waals surface area contributed by atoms with Gasteiger partial charge in [-0.1, -0.05) is 18.2 Å². The molecule has 0 saturated heterocycles. The molecule has 3 rings (SSSR count). The van der Waals surface area contributed by atoms with Gasteiger partial charge in [0.2, 0.25) is 5.78 Å². The van der Waals surface area contributed by atoms with E-state index in [1.54, 1.807) is 44.2 Å². The Bertz CT molecular complexity index is 1140. The van der Waals surface area contributed by atoms with Crippen molar-refractivity contribution in [1.82, 2.24) is 4.68 Å². The van der Waals surface area contributed by atoms with Crippen molar-refractivity contribution in [2.24, 2.45) is 0 Å². The van der Waals surface area contributed by atoms with Gasteiger partial charge in [0.25, 0.3) is 5.91 Å². The van der Waals surface area contributed by atoms with Gasteiger partial charge in [0.1, 0.15) is 0 Å². The number of amides is 1. The summed E-state index contributed by atoms with van der Waals surface area (Å²) in [5.74, 6) is -1.34. The number of hydrogen-bond donors (Lipinski definition) is 1. The summed E-state index contributed by atoms with van der Waals surface area (Å²) in [5, 5.41) is 8.80. The predicted molar refractivity (Wildman–Crippen MR) is 110 cm³/mol. The smallest absolute Gasteiger partial charge is 0.338 e. The highest BCUT2D eigenvalue weighted by molar-refractivity contribution is 6.02. The molecular formula is C23H19N3O4. The largest absolute Gasteiger partial charge is 0.454 e. The van der Waals surface area contributed by atoms with Crippen molar-refractivity contribution in [3.8, 4) is 6.07 Å². The summed E-state index contributed by atoms with van der Waals surface area (Å²) in [7, 11) is 0. The molecule has 0 fully saturated rings. The van der Waals surface area contributed by atoms with Gasteiger partial charge in [0.15, 0.2) is 6.61 Å². The molecule has 0 aliphatic carbocycles. The molecule has 0 bridgehead atoms. The summed E-state index contributed by atoms with van der Waals surface area (Å²) in [6.45, 7) is 3.03. The number of nitrogens with zero attached hydrogens (tertiary/aromatic N) is 2. The Labute approximate surface area is 173 Å². The van der Waals surface area contributed by atoms with Crippen LogP contribution in [0, 0.1) is 25.2 Å². The number of esters is 1. The van der Waals surface area contributed by atoms with E-state index >= 15 is 0 Å². The number of nitriles is 1. The van der Waals surface area contributed by atoms with Crippen LogP contribution in [0.3, 0.4) is 0 Å². The van der Waals surface area contributed by atoms with Crippen molar-refractivity contribution in [3.05, 3.63) is 94.3 Å². The highest BCUT2D eigenvalue weighted by atomic mass is 16.5. The Balaban J connectivity index is 1.68. The maximum Gasteiger partial charge on any atom is 0.338 e. The molecule has 1 amide bonds. The van der Waals surface area contributed by atoms with Crippen molar-refractivity contribution in [2.75, 3.05) is 12.0 Å². The van der Waals surface area contributed by atoms with Gasteiger partial charge >= 0.3 is 5.97 Å². The summed E-state index contributed by atoms with van der Waals surface area (Å²) in [4.78, 5) is 37.1. The van der Waals surface area contributed by atoms with Gasteiger partial charge in [-0.05, 0) is 56.3 Å². The summed E-state index contributed by atoms with van der Waals surface area (Å²) in [6.07, 6.45) is 0. The number of hydrogen-bond acceptors (Lipinski definition) is 5. The normalized spacial score (nSPS) is 10.2. The van der Waals surface area contributed by atoms with E-state index in [1.807, 2.05) is 12.1 Å². The Hall–Kier alpha value is -4.18. The van der Waals surface area contributed by atoms with Crippen molar-refractivity contribution < 1.29 is 19.1 Å². The number of aryl methyl sites for hydroxylation is 1. The number of Topliss-reactive ketones (excluding diaryl/α,β-unsaturated/α-hetero) is 1. The average molecular weight is 401 g/mol. The summed E-state index contributed by atoms with van der Waals surface area (Å²) in [5.41, 5.74) is 5.49. The fourth-order valence-electron chi connectivity index (χ4n) is 2.95. The maximum atomic E-state index is 12.6. The first kappa shape index (κ1) is 20.6. The van der Waals surface area contributed by atoms with E-state index in [4.69, 9.17) is 10.00 Å². The molecule has 0 unspecified atom stereocenters. The number of nitrogens with one attached hydrogen (secondary N) is 1. The number of rotatable bonds is 6. The first-order valence-electron chi connectivity index (χ1n) is 9.16. The molecule has 2 aromatic carbocycles. The number of benzene rings is 2. The van der Waals surface area contributed by atoms with Gasteiger partial charge < -0.3 is 4.74 Å². The monoisotopic (exact) mass is 401 g/mol. The third-order valence-corrected chi connectivity index (χ3v) is 4.56. The fourth-order valence-corrected chi connectivity index (χ4v) is 2.95. The van der Waals surface area contributed by atoms with Crippen LogP contribution in [0.15, 0.2) is 60.7 Å². The third kappa shape index (κ3) is 4.45. The molecule has 0 aliphatic rings. The van der Waals surface area contributed by atoms with E-state index in [2.05, 4.69) is 5.43 Å². The molecule has 150 valence electrons. The maximum absolute atomic E-state index is 12.6. The SMILES string of the molecule is Cc1cc(C(=O)COC(=O)c2ccc(C#N)cc2)c(C)n1NC(=O)c1ccccc1. The zero-order valence-corrected chi connectivity index (χ0v) is 16.5. The van der Waals surface area contributed by atoms with E-state index in [1.165, 1.54) is 28.9 Å². The molecule has 30 heavy (non-hydrogen) atoms. The van der Waals surface area contributed by atoms with Gasteiger partial charge in [-0.15, -0.1) is 0 Å². The average Bonchev–Trinajstić information content (AvgIpc) is 3.06. The zero-order valence-electron chi connectivity index (χ0n) is 16.5.